The molecule has 1 unspecified atom stereocenters. The molecular weight excluding hydrogens is 322 g/mol. The second kappa shape index (κ2) is 7.33. The van der Waals surface area contributed by atoms with Gasteiger partial charge in [-0.05, 0) is 18.9 Å². The number of hydrogen-bond acceptors (Lipinski definition) is 5. The lowest BCUT2D eigenvalue weighted by atomic mass is 9.96. The van der Waals surface area contributed by atoms with Gasteiger partial charge in [0.1, 0.15) is 12.4 Å². The molecule has 132 valence electrons. The van der Waals surface area contributed by atoms with Gasteiger partial charge in [-0.25, -0.2) is 9.97 Å². The van der Waals surface area contributed by atoms with Gasteiger partial charge in [-0.2, -0.15) is 0 Å². The molecule has 8 nitrogen and oxygen atoms in total. The number of rotatable bonds is 5. The van der Waals surface area contributed by atoms with Crippen LogP contribution >= 0.6 is 0 Å². The fraction of sp³-hybridized carbons (Fsp3) is 0.412. The number of likely N-dealkylation sites (tertiary alicyclic amines) is 1. The van der Waals surface area contributed by atoms with Gasteiger partial charge in [0.2, 0.25) is 11.8 Å². The van der Waals surface area contributed by atoms with Crippen LogP contribution in [0.4, 0.5) is 0 Å². The molecule has 8 heteroatoms. The van der Waals surface area contributed by atoms with Gasteiger partial charge in [0.25, 0.3) is 5.91 Å². The lowest BCUT2D eigenvalue weighted by Gasteiger charge is -2.32. The zero-order valence-corrected chi connectivity index (χ0v) is 14.1. The summed E-state index contributed by atoms with van der Waals surface area (Å²) >= 11 is 0. The highest BCUT2D eigenvalue weighted by molar-refractivity contribution is 5.94. The van der Waals surface area contributed by atoms with E-state index >= 15 is 0 Å². The molecule has 1 fully saturated rings. The zero-order valence-electron chi connectivity index (χ0n) is 14.1. The molecule has 2 amide bonds. The van der Waals surface area contributed by atoms with Gasteiger partial charge in [0.05, 0.1) is 7.11 Å². The van der Waals surface area contributed by atoms with E-state index in [0.29, 0.717) is 24.5 Å². The smallest absolute Gasteiger partial charge is 0.254 e. The maximum absolute atomic E-state index is 12.8. The largest absolute Gasteiger partial charge is 0.481 e. The molecule has 0 radical (unpaired) electrons. The number of pyridine rings is 1. The minimum absolute atomic E-state index is 0.0570. The highest BCUT2D eigenvalue weighted by Gasteiger charge is 2.28. The lowest BCUT2D eigenvalue weighted by Crippen LogP contribution is -2.40. The third kappa shape index (κ3) is 3.78. The van der Waals surface area contributed by atoms with Crippen molar-refractivity contribution in [3.05, 3.63) is 42.1 Å². The minimum Gasteiger partial charge on any atom is -0.481 e. The quantitative estimate of drug-likeness (QED) is 0.864. The third-order valence-electron chi connectivity index (χ3n) is 4.34. The van der Waals surface area contributed by atoms with E-state index in [-0.39, 0.29) is 18.4 Å². The summed E-state index contributed by atoms with van der Waals surface area (Å²) < 4.78 is 6.85. The highest BCUT2D eigenvalue weighted by Crippen LogP contribution is 2.27. The summed E-state index contributed by atoms with van der Waals surface area (Å²) in [5.41, 5.74) is 5.84. The highest BCUT2D eigenvalue weighted by atomic mass is 16.5. The molecule has 1 aliphatic heterocycles. The Kier molecular flexibility index (Phi) is 4.97. The normalized spacial score (nSPS) is 17.3. The van der Waals surface area contributed by atoms with Crippen LogP contribution in [0.25, 0.3) is 0 Å². The van der Waals surface area contributed by atoms with Crippen molar-refractivity contribution < 1.29 is 14.3 Å². The number of imidazole rings is 1. The average Bonchev–Trinajstić information content (AvgIpc) is 3.08. The summed E-state index contributed by atoms with van der Waals surface area (Å²) in [6.07, 6.45) is 6.76. The molecule has 3 rings (SSSR count). The van der Waals surface area contributed by atoms with E-state index in [2.05, 4.69) is 9.97 Å². The van der Waals surface area contributed by atoms with Crippen molar-refractivity contribution in [2.24, 2.45) is 5.73 Å². The first-order chi connectivity index (χ1) is 12.1. The molecule has 0 aliphatic carbocycles. The van der Waals surface area contributed by atoms with Crippen LogP contribution in [-0.4, -0.2) is 51.4 Å². The Morgan fingerprint density at radius 3 is 2.96 bits per heavy atom. The number of piperidine rings is 1. The van der Waals surface area contributed by atoms with Crippen molar-refractivity contribution in [3.8, 4) is 5.88 Å². The number of primary amides is 1. The van der Waals surface area contributed by atoms with Crippen LogP contribution < -0.4 is 10.5 Å². The number of nitrogens with two attached hydrogens (primary N) is 1. The van der Waals surface area contributed by atoms with Gasteiger partial charge in [-0.3, -0.25) is 9.59 Å². The second-order valence-corrected chi connectivity index (χ2v) is 6.06. The SMILES string of the molecule is COc1cc(C(=O)N2CCCC(c3nccn3CC(N)=O)C2)ccn1. The number of hydrogen-bond donors (Lipinski definition) is 1. The number of amides is 2. The van der Waals surface area contributed by atoms with Gasteiger partial charge in [-0.1, -0.05) is 0 Å². The predicted octanol–water partition coefficient (Wildman–Crippen LogP) is 0.792. The summed E-state index contributed by atoms with van der Waals surface area (Å²) in [5.74, 6) is 0.820. The predicted molar refractivity (Wildman–Crippen MR) is 90.1 cm³/mol. The number of nitrogens with zero attached hydrogens (tertiary/aromatic N) is 4. The Bertz CT molecular complexity index is 773. The Labute approximate surface area is 145 Å². The molecular formula is C17H21N5O3. The fourth-order valence-corrected chi connectivity index (χ4v) is 3.19. The molecule has 1 saturated heterocycles. The van der Waals surface area contributed by atoms with Crippen molar-refractivity contribution in [2.45, 2.75) is 25.3 Å². The van der Waals surface area contributed by atoms with E-state index in [1.807, 2.05) is 4.90 Å². The Morgan fingerprint density at radius 1 is 1.36 bits per heavy atom. The average molecular weight is 343 g/mol. The van der Waals surface area contributed by atoms with Crippen LogP contribution in [0.15, 0.2) is 30.7 Å². The van der Waals surface area contributed by atoms with Gasteiger partial charge in [-0.15, -0.1) is 0 Å². The topological polar surface area (TPSA) is 103 Å². The van der Waals surface area contributed by atoms with E-state index in [0.717, 1.165) is 18.7 Å². The molecule has 3 heterocycles. The van der Waals surface area contributed by atoms with E-state index in [1.165, 1.54) is 7.11 Å². The van der Waals surface area contributed by atoms with E-state index in [1.54, 1.807) is 35.3 Å². The van der Waals surface area contributed by atoms with Crippen molar-refractivity contribution in [2.75, 3.05) is 20.2 Å². The molecule has 0 spiro atoms. The Balaban J connectivity index is 1.76. The molecule has 1 atom stereocenters. The van der Waals surface area contributed by atoms with E-state index in [4.69, 9.17) is 10.5 Å². The summed E-state index contributed by atoms with van der Waals surface area (Å²) in [6, 6.07) is 3.32. The Hall–Kier alpha value is -2.90. The molecule has 2 aromatic rings. The molecule has 25 heavy (non-hydrogen) atoms. The van der Waals surface area contributed by atoms with Gasteiger partial charge < -0.3 is 19.9 Å². The van der Waals surface area contributed by atoms with Gasteiger partial charge in [0, 0.05) is 49.2 Å². The number of methoxy groups -OCH3 is 1. The van der Waals surface area contributed by atoms with Crippen LogP contribution in [0.3, 0.4) is 0 Å². The van der Waals surface area contributed by atoms with Crippen LogP contribution in [-0.2, 0) is 11.3 Å². The van der Waals surface area contributed by atoms with Crippen LogP contribution in [0.1, 0.15) is 34.9 Å². The first-order valence-electron chi connectivity index (χ1n) is 8.17. The molecule has 1 aliphatic rings. The Morgan fingerprint density at radius 2 is 2.20 bits per heavy atom. The molecule has 0 saturated carbocycles. The second-order valence-electron chi connectivity index (χ2n) is 6.06. The summed E-state index contributed by atoms with van der Waals surface area (Å²) in [6.45, 7) is 1.34. The van der Waals surface area contributed by atoms with Crippen LogP contribution in [0, 0.1) is 0 Å². The van der Waals surface area contributed by atoms with Crippen LogP contribution in [0.2, 0.25) is 0 Å². The summed E-state index contributed by atoms with van der Waals surface area (Å²) in [5, 5.41) is 0. The van der Waals surface area contributed by atoms with Gasteiger partial charge in [0.15, 0.2) is 0 Å². The summed E-state index contributed by atoms with van der Waals surface area (Å²) in [4.78, 5) is 34.2. The number of carbonyl (C=O) groups is 2. The van der Waals surface area contributed by atoms with Crippen molar-refractivity contribution in [3.63, 3.8) is 0 Å². The molecule has 2 aromatic heterocycles. The maximum Gasteiger partial charge on any atom is 0.254 e. The standard InChI is InChI=1S/C17H21N5O3/c1-25-15-9-12(4-5-19-15)17(24)22-7-2-3-13(10-22)16-20-6-8-21(16)11-14(18)23/h4-6,8-9,13H,2-3,7,10-11H2,1H3,(H2,18,23). The maximum atomic E-state index is 12.8. The molecule has 0 bridgehead atoms. The van der Waals surface area contributed by atoms with E-state index < -0.39 is 5.91 Å². The first-order valence-corrected chi connectivity index (χ1v) is 8.17. The van der Waals surface area contributed by atoms with E-state index in [9.17, 15) is 9.59 Å². The minimum atomic E-state index is -0.410. The van der Waals surface area contributed by atoms with Crippen LogP contribution in [0.5, 0.6) is 5.88 Å². The number of carbonyl (C=O) groups excluding carboxylic acids is 2. The monoisotopic (exact) mass is 343 g/mol. The van der Waals surface area contributed by atoms with Crippen molar-refractivity contribution in [1.29, 1.82) is 0 Å². The number of aromatic nitrogens is 3. The molecule has 2 N–H and O–H groups in total. The number of ether oxygens (including phenoxy) is 1. The fourth-order valence-electron chi connectivity index (χ4n) is 3.19. The lowest BCUT2D eigenvalue weighted by molar-refractivity contribution is -0.118. The first kappa shape index (κ1) is 16.9. The summed E-state index contributed by atoms with van der Waals surface area (Å²) in [7, 11) is 1.52. The van der Waals surface area contributed by atoms with Gasteiger partial charge >= 0.3 is 0 Å². The van der Waals surface area contributed by atoms with Crippen molar-refractivity contribution in [1.82, 2.24) is 19.4 Å². The van der Waals surface area contributed by atoms with Crippen molar-refractivity contribution >= 4 is 11.8 Å². The zero-order chi connectivity index (χ0) is 17.8. The third-order valence-corrected chi connectivity index (χ3v) is 4.34. The molecule has 0 aromatic carbocycles.